The van der Waals surface area contributed by atoms with Crippen molar-refractivity contribution < 1.29 is 9.53 Å². The van der Waals surface area contributed by atoms with Crippen molar-refractivity contribution in [3.63, 3.8) is 0 Å². The zero-order chi connectivity index (χ0) is 22.3. The number of carbonyl (C=O) groups excluding carboxylic acids is 1. The lowest BCUT2D eigenvalue weighted by Crippen LogP contribution is -2.44. The van der Waals surface area contributed by atoms with Crippen LogP contribution >= 0.6 is 0 Å². The number of rotatable bonds is 7. The van der Waals surface area contributed by atoms with E-state index in [1.807, 2.05) is 61.7 Å². The van der Waals surface area contributed by atoms with Gasteiger partial charge in [0.2, 0.25) is 0 Å². The van der Waals surface area contributed by atoms with Gasteiger partial charge in [0, 0.05) is 50.0 Å². The predicted octanol–water partition coefficient (Wildman–Crippen LogP) is 3.83. The van der Waals surface area contributed by atoms with E-state index >= 15 is 0 Å². The number of ether oxygens (including phenoxy) is 1. The molecule has 0 saturated carbocycles. The summed E-state index contributed by atoms with van der Waals surface area (Å²) < 4.78 is 5.53. The third-order valence-electron chi connectivity index (χ3n) is 5.70. The molecular weight excluding hydrogens is 400 g/mol. The SMILES string of the molecule is CCOc1cccc(CNC(=O)c2cccc(-c3ccc(N4CCN(C)CC4)nc3)c2)c1. The Morgan fingerprint density at radius 2 is 1.81 bits per heavy atom. The highest BCUT2D eigenvalue weighted by molar-refractivity contribution is 5.95. The fourth-order valence-electron chi connectivity index (χ4n) is 3.82. The summed E-state index contributed by atoms with van der Waals surface area (Å²) in [4.78, 5) is 22.0. The quantitative estimate of drug-likeness (QED) is 0.617. The van der Waals surface area contributed by atoms with Gasteiger partial charge in [-0.1, -0.05) is 24.3 Å². The van der Waals surface area contributed by atoms with Crippen molar-refractivity contribution >= 4 is 11.7 Å². The molecule has 6 nitrogen and oxygen atoms in total. The van der Waals surface area contributed by atoms with E-state index in [1.54, 1.807) is 0 Å². The maximum atomic E-state index is 12.7. The molecular formula is C26H30N4O2. The summed E-state index contributed by atoms with van der Waals surface area (Å²) in [6.45, 7) is 7.11. The van der Waals surface area contributed by atoms with E-state index in [9.17, 15) is 4.79 Å². The number of carbonyl (C=O) groups is 1. The van der Waals surface area contributed by atoms with Gasteiger partial charge in [-0.15, -0.1) is 0 Å². The summed E-state index contributed by atoms with van der Waals surface area (Å²) >= 11 is 0. The second-order valence-corrected chi connectivity index (χ2v) is 8.04. The molecule has 1 saturated heterocycles. The first kappa shape index (κ1) is 21.8. The van der Waals surface area contributed by atoms with Crippen molar-refractivity contribution in [1.82, 2.24) is 15.2 Å². The second-order valence-electron chi connectivity index (χ2n) is 8.04. The molecule has 1 aliphatic heterocycles. The van der Waals surface area contributed by atoms with Gasteiger partial charge in [0.1, 0.15) is 11.6 Å². The van der Waals surface area contributed by atoms with Gasteiger partial charge in [-0.05, 0) is 61.5 Å². The molecule has 2 heterocycles. The van der Waals surface area contributed by atoms with Crippen LogP contribution in [0.1, 0.15) is 22.8 Å². The molecule has 2 aromatic carbocycles. The minimum absolute atomic E-state index is 0.101. The van der Waals surface area contributed by atoms with Gasteiger partial charge in [-0.3, -0.25) is 4.79 Å². The molecule has 1 N–H and O–H groups in total. The molecule has 0 spiro atoms. The van der Waals surface area contributed by atoms with Crippen LogP contribution in [0.4, 0.5) is 5.82 Å². The minimum Gasteiger partial charge on any atom is -0.494 e. The van der Waals surface area contributed by atoms with Crippen molar-refractivity contribution in [1.29, 1.82) is 0 Å². The summed E-state index contributed by atoms with van der Waals surface area (Å²) in [7, 11) is 2.15. The first-order chi connectivity index (χ1) is 15.6. The van der Waals surface area contributed by atoms with Crippen LogP contribution in [0.15, 0.2) is 66.9 Å². The number of anilines is 1. The summed E-state index contributed by atoms with van der Waals surface area (Å²) in [6, 6.07) is 19.6. The fraction of sp³-hybridized carbons (Fsp3) is 0.308. The van der Waals surface area contributed by atoms with Crippen molar-refractivity contribution in [3.05, 3.63) is 78.0 Å². The number of hydrogen-bond donors (Lipinski definition) is 1. The predicted molar refractivity (Wildman–Crippen MR) is 128 cm³/mol. The Hall–Kier alpha value is -3.38. The number of pyridine rings is 1. The second kappa shape index (κ2) is 10.3. The maximum Gasteiger partial charge on any atom is 0.251 e. The zero-order valence-electron chi connectivity index (χ0n) is 18.8. The van der Waals surface area contributed by atoms with E-state index in [4.69, 9.17) is 4.74 Å². The highest BCUT2D eigenvalue weighted by Gasteiger charge is 2.15. The average molecular weight is 431 g/mol. The normalized spacial score (nSPS) is 14.2. The lowest BCUT2D eigenvalue weighted by molar-refractivity contribution is 0.0951. The van der Waals surface area contributed by atoms with Crippen molar-refractivity contribution in [3.8, 4) is 16.9 Å². The highest BCUT2D eigenvalue weighted by Crippen LogP contribution is 2.23. The van der Waals surface area contributed by atoms with Crippen LogP contribution in [0.2, 0.25) is 0 Å². The first-order valence-corrected chi connectivity index (χ1v) is 11.1. The number of hydrogen-bond acceptors (Lipinski definition) is 5. The van der Waals surface area contributed by atoms with Crippen LogP contribution in [0.3, 0.4) is 0 Å². The van der Waals surface area contributed by atoms with Crippen molar-refractivity contribution in [2.75, 3.05) is 44.7 Å². The van der Waals surface area contributed by atoms with E-state index in [1.165, 1.54) is 0 Å². The molecule has 1 aliphatic rings. The summed E-state index contributed by atoms with van der Waals surface area (Å²) in [5.41, 5.74) is 3.62. The Kier molecular flexibility index (Phi) is 7.02. The Morgan fingerprint density at radius 3 is 2.56 bits per heavy atom. The van der Waals surface area contributed by atoms with E-state index in [2.05, 4.69) is 39.3 Å². The first-order valence-electron chi connectivity index (χ1n) is 11.1. The smallest absolute Gasteiger partial charge is 0.251 e. The molecule has 0 radical (unpaired) electrons. The van der Waals surface area contributed by atoms with Crippen LogP contribution < -0.4 is 15.0 Å². The number of nitrogens with one attached hydrogen (secondary N) is 1. The molecule has 0 unspecified atom stereocenters. The van der Waals surface area contributed by atoms with Gasteiger partial charge < -0.3 is 19.9 Å². The van der Waals surface area contributed by atoms with E-state index in [-0.39, 0.29) is 5.91 Å². The molecule has 0 atom stereocenters. The average Bonchev–Trinajstić information content (AvgIpc) is 2.84. The van der Waals surface area contributed by atoms with Crippen molar-refractivity contribution in [2.24, 2.45) is 0 Å². The molecule has 1 fully saturated rings. The maximum absolute atomic E-state index is 12.7. The third kappa shape index (κ3) is 5.45. The van der Waals surface area contributed by atoms with E-state index in [0.717, 1.165) is 54.4 Å². The molecule has 3 aromatic rings. The van der Waals surface area contributed by atoms with Gasteiger partial charge in [0.25, 0.3) is 5.91 Å². The summed E-state index contributed by atoms with van der Waals surface area (Å²) in [5.74, 6) is 1.72. The molecule has 6 heteroatoms. The van der Waals surface area contributed by atoms with E-state index < -0.39 is 0 Å². The number of nitrogens with zero attached hydrogens (tertiary/aromatic N) is 3. The molecule has 1 aromatic heterocycles. The number of piperazine rings is 1. The number of benzene rings is 2. The lowest BCUT2D eigenvalue weighted by atomic mass is 10.0. The number of likely N-dealkylation sites (N-methyl/N-ethyl adjacent to an activating group) is 1. The van der Waals surface area contributed by atoms with Gasteiger partial charge >= 0.3 is 0 Å². The topological polar surface area (TPSA) is 57.7 Å². The molecule has 4 rings (SSSR count). The van der Waals surface area contributed by atoms with Crippen LogP contribution in [-0.4, -0.2) is 55.6 Å². The Labute approximate surface area is 189 Å². The van der Waals surface area contributed by atoms with Gasteiger partial charge in [-0.25, -0.2) is 4.98 Å². The Balaban J connectivity index is 1.40. The van der Waals surface area contributed by atoms with Gasteiger partial charge in [0.15, 0.2) is 0 Å². The number of amides is 1. The van der Waals surface area contributed by atoms with Crippen LogP contribution in [-0.2, 0) is 6.54 Å². The summed E-state index contributed by atoms with van der Waals surface area (Å²) in [5, 5.41) is 3.00. The largest absolute Gasteiger partial charge is 0.494 e. The Morgan fingerprint density at radius 1 is 1.00 bits per heavy atom. The van der Waals surface area contributed by atoms with Gasteiger partial charge in [0.05, 0.1) is 6.61 Å². The van der Waals surface area contributed by atoms with Crippen molar-refractivity contribution in [2.45, 2.75) is 13.5 Å². The van der Waals surface area contributed by atoms with Crippen LogP contribution in [0, 0.1) is 0 Å². The standard InChI is InChI=1S/C26H30N4O2/c1-3-32-24-9-4-6-20(16-24)18-28-26(31)22-8-5-7-21(17-22)23-10-11-25(27-19-23)30-14-12-29(2)13-15-30/h4-11,16-17,19H,3,12-15,18H2,1-2H3,(H,28,31). The molecule has 1 amide bonds. The molecule has 166 valence electrons. The van der Waals surface area contributed by atoms with E-state index in [0.29, 0.717) is 18.7 Å². The minimum atomic E-state index is -0.101. The monoisotopic (exact) mass is 430 g/mol. The number of aromatic nitrogens is 1. The molecule has 32 heavy (non-hydrogen) atoms. The Bertz CT molecular complexity index is 1040. The lowest BCUT2D eigenvalue weighted by Gasteiger charge is -2.33. The van der Waals surface area contributed by atoms with Crippen LogP contribution in [0.25, 0.3) is 11.1 Å². The zero-order valence-corrected chi connectivity index (χ0v) is 18.8. The van der Waals surface area contributed by atoms with Gasteiger partial charge in [-0.2, -0.15) is 0 Å². The third-order valence-corrected chi connectivity index (χ3v) is 5.70. The highest BCUT2D eigenvalue weighted by atomic mass is 16.5. The molecule has 0 bridgehead atoms. The van der Waals surface area contributed by atoms with Crippen LogP contribution in [0.5, 0.6) is 5.75 Å². The fourth-order valence-corrected chi connectivity index (χ4v) is 3.82. The summed E-state index contributed by atoms with van der Waals surface area (Å²) in [6.07, 6.45) is 1.89. The molecule has 0 aliphatic carbocycles.